The third-order valence-corrected chi connectivity index (χ3v) is 5.79. The fraction of sp³-hybridized carbons (Fsp3) is 0.174. The van der Waals surface area contributed by atoms with Gasteiger partial charge in [-0.15, -0.1) is 0 Å². The summed E-state index contributed by atoms with van der Waals surface area (Å²) in [5.41, 5.74) is 7.18. The molecular weight excluding hydrogens is 481 g/mol. The van der Waals surface area contributed by atoms with Gasteiger partial charge in [0, 0.05) is 0 Å². The molecule has 0 amide bonds. The van der Waals surface area contributed by atoms with E-state index in [1.807, 2.05) is 6.07 Å². The molecule has 2 aromatic carbocycles. The molecule has 9 heteroatoms. The van der Waals surface area contributed by atoms with Crippen molar-refractivity contribution in [3.05, 3.63) is 86.5 Å². The first-order valence-electron chi connectivity index (χ1n) is 9.38. The SMILES string of the molecule is COC(=O)C1=C(C(=O)OC)N(c2cc(C)cc(F)c2Br)C(N)=C(C#N)C1c1ccccc1. The molecule has 0 radical (unpaired) electrons. The second-order valence-corrected chi connectivity index (χ2v) is 7.71. The van der Waals surface area contributed by atoms with Gasteiger partial charge in [-0.2, -0.15) is 5.26 Å². The van der Waals surface area contributed by atoms with Crippen LogP contribution in [0.3, 0.4) is 0 Å². The summed E-state index contributed by atoms with van der Waals surface area (Å²) in [6, 6.07) is 13.5. The maximum atomic E-state index is 14.6. The van der Waals surface area contributed by atoms with Gasteiger partial charge in [-0.05, 0) is 46.1 Å². The topological polar surface area (TPSA) is 106 Å². The number of ether oxygens (including phenoxy) is 2. The third kappa shape index (κ3) is 3.85. The lowest BCUT2D eigenvalue weighted by molar-refractivity contribution is -0.139. The number of benzene rings is 2. The number of hydrogen-bond acceptors (Lipinski definition) is 7. The monoisotopic (exact) mass is 499 g/mol. The normalized spacial score (nSPS) is 16.0. The van der Waals surface area contributed by atoms with Crippen molar-refractivity contribution in [3.63, 3.8) is 0 Å². The maximum absolute atomic E-state index is 14.6. The van der Waals surface area contributed by atoms with Crippen molar-refractivity contribution >= 4 is 33.6 Å². The van der Waals surface area contributed by atoms with Gasteiger partial charge in [-0.25, -0.2) is 14.0 Å². The van der Waals surface area contributed by atoms with Crippen LogP contribution < -0.4 is 10.6 Å². The summed E-state index contributed by atoms with van der Waals surface area (Å²) < 4.78 is 24.5. The Kier molecular flexibility index (Phi) is 6.65. The summed E-state index contributed by atoms with van der Waals surface area (Å²) in [7, 11) is 2.30. The molecule has 0 aromatic heterocycles. The lowest BCUT2D eigenvalue weighted by atomic mass is 9.81. The number of esters is 2. The van der Waals surface area contributed by atoms with Crippen molar-refractivity contribution in [2.75, 3.05) is 19.1 Å². The van der Waals surface area contributed by atoms with E-state index < -0.39 is 23.7 Å². The summed E-state index contributed by atoms with van der Waals surface area (Å²) in [5, 5.41) is 10.00. The summed E-state index contributed by atoms with van der Waals surface area (Å²) in [4.78, 5) is 27.1. The van der Waals surface area contributed by atoms with E-state index in [0.29, 0.717) is 11.1 Å². The largest absolute Gasteiger partial charge is 0.466 e. The molecule has 0 fully saturated rings. The fourth-order valence-electron chi connectivity index (χ4n) is 3.63. The van der Waals surface area contributed by atoms with Crippen LogP contribution in [0.5, 0.6) is 0 Å². The Morgan fingerprint density at radius 2 is 1.78 bits per heavy atom. The Balaban J connectivity index is 2.47. The number of allylic oxidation sites excluding steroid dienone is 1. The minimum absolute atomic E-state index is 0.00179. The fourth-order valence-corrected chi connectivity index (χ4v) is 4.04. The molecule has 1 atom stereocenters. The van der Waals surface area contributed by atoms with E-state index in [1.165, 1.54) is 6.07 Å². The smallest absolute Gasteiger partial charge is 0.355 e. The first-order valence-corrected chi connectivity index (χ1v) is 10.2. The zero-order valence-corrected chi connectivity index (χ0v) is 19.1. The van der Waals surface area contributed by atoms with Crippen LogP contribution in [0.4, 0.5) is 10.1 Å². The second-order valence-electron chi connectivity index (χ2n) is 6.92. The average molecular weight is 500 g/mol. The van der Waals surface area contributed by atoms with E-state index in [0.717, 1.165) is 19.1 Å². The Bertz CT molecular complexity index is 1200. The minimum atomic E-state index is -0.993. The van der Waals surface area contributed by atoms with Crippen LogP contribution in [0.15, 0.2) is 69.6 Å². The predicted octanol–water partition coefficient (Wildman–Crippen LogP) is 3.79. The highest BCUT2D eigenvalue weighted by molar-refractivity contribution is 9.10. The summed E-state index contributed by atoms with van der Waals surface area (Å²) in [6.07, 6.45) is 0. The van der Waals surface area contributed by atoms with Crippen molar-refractivity contribution in [1.82, 2.24) is 0 Å². The quantitative estimate of drug-likeness (QED) is 0.637. The van der Waals surface area contributed by atoms with Gasteiger partial charge in [-0.3, -0.25) is 4.90 Å². The number of hydrogen-bond donors (Lipinski definition) is 1. The number of methoxy groups -OCH3 is 2. The van der Waals surface area contributed by atoms with Crippen molar-refractivity contribution in [1.29, 1.82) is 5.26 Å². The molecule has 0 spiro atoms. The maximum Gasteiger partial charge on any atom is 0.355 e. The second kappa shape index (κ2) is 9.24. The molecule has 32 heavy (non-hydrogen) atoms. The number of nitriles is 1. The number of rotatable bonds is 4. The number of halogens is 2. The first kappa shape index (κ1) is 23.0. The summed E-state index contributed by atoms with van der Waals surface area (Å²) in [5.74, 6) is -3.50. The van der Waals surface area contributed by atoms with Gasteiger partial charge in [0.25, 0.3) is 0 Å². The molecule has 1 heterocycles. The summed E-state index contributed by atoms with van der Waals surface area (Å²) >= 11 is 3.18. The van der Waals surface area contributed by atoms with Crippen LogP contribution >= 0.6 is 15.9 Å². The molecule has 1 aliphatic heterocycles. The highest BCUT2D eigenvalue weighted by Crippen LogP contribution is 2.45. The standard InChI is InChI=1S/C23H19BrFN3O4/c1-12-9-15(25)19(24)16(10-12)28-20(23(30)32-3)18(22(29)31-2)17(14(11-26)21(28)27)13-7-5-4-6-8-13/h4-10,17H,27H2,1-3H3. The zero-order chi connectivity index (χ0) is 23.6. The molecule has 0 aliphatic carbocycles. The number of carbonyl (C=O) groups excluding carboxylic acids is 2. The van der Waals surface area contributed by atoms with Crippen molar-refractivity contribution in [3.8, 4) is 6.07 Å². The lowest BCUT2D eigenvalue weighted by Gasteiger charge is -2.36. The number of carbonyl (C=O) groups is 2. The molecule has 0 saturated carbocycles. The van der Waals surface area contributed by atoms with Gasteiger partial charge in [-0.1, -0.05) is 30.3 Å². The van der Waals surface area contributed by atoms with Crippen LogP contribution in [0.25, 0.3) is 0 Å². The van der Waals surface area contributed by atoms with Crippen molar-refractivity contribution in [2.24, 2.45) is 5.73 Å². The van der Waals surface area contributed by atoms with Crippen molar-refractivity contribution in [2.45, 2.75) is 12.8 Å². The van der Waals surface area contributed by atoms with E-state index in [4.69, 9.17) is 15.2 Å². The zero-order valence-electron chi connectivity index (χ0n) is 17.5. The van der Waals surface area contributed by atoms with Crippen LogP contribution in [-0.2, 0) is 19.1 Å². The molecule has 0 saturated heterocycles. The van der Waals surface area contributed by atoms with E-state index >= 15 is 0 Å². The van der Waals surface area contributed by atoms with E-state index in [1.54, 1.807) is 43.3 Å². The Morgan fingerprint density at radius 3 is 2.34 bits per heavy atom. The van der Waals surface area contributed by atoms with Crippen molar-refractivity contribution < 1.29 is 23.5 Å². The molecule has 1 aliphatic rings. The van der Waals surface area contributed by atoms with E-state index in [2.05, 4.69) is 15.9 Å². The van der Waals surface area contributed by atoms with Gasteiger partial charge in [0.15, 0.2) is 0 Å². The number of nitrogens with zero attached hydrogens (tertiary/aromatic N) is 2. The average Bonchev–Trinajstić information content (AvgIpc) is 2.80. The molecule has 2 aromatic rings. The molecule has 164 valence electrons. The predicted molar refractivity (Wildman–Crippen MR) is 118 cm³/mol. The highest BCUT2D eigenvalue weighted by Gasteiger charge is 2.43. The third-order valence-electron chi connectivity index (χ3n) is 5.00. The van der Waals surface area contributed by atoms with Gasteiger partial charge < -0.3 is 15.2 Å². The number of aryl methyl sites for hydroxylation is 1. The van der Waals surface area contributed by atoms with Crippen LogP contribution in [0.2, 0.25) is 0 Å². The molecule has 0 bridgehead atoms. The Hall–Kier alpha value is -3.64. The minimum Gasteiger partial charge on any atom is -0.466 e. The number of nitrogens with two attached hydrogens (primary N) is 1. The molecule has 7 nitrogen and oxygen atoms in total. The Labute approximate surface area is 192 Å². The van der Waals surface area contributed by atoms with Gasteiger partial charge in [0.1, 0.15) is 17.3 Å². The molecule has 2 N–H and O–H groups in total. The Morgan fingerprint density at radius 1 is 1.16 bits per heavy atom. The van der Waals surface area contributed by atoms with Gasteiger partial charge in [0.05, 0.1) is 47.5 Å². The lowest BCUT2D eigenvalue weighted by Crippen LogP contribution is -2.41. The van der Waals surface area contributed by atoms with Crippen LogP contribution in [0, 0.1) is 24.1 Å². The summed E-state index contributed by atoms with van der Waals surface area (Å²) in [6.45, 7) is 1.66. The van der Waals surface area contributed by atoms with Gasteiger partial charge >= 0.3 is 11.9 Å². The molecular formula is C23H19BrFN3O4. The van der Waals surface area contributed by atoms with E-state index in [-0.39, 0.29) is 32.8 Å². The van der Waals surface area contributed by atoms with E-state index in [9.17, 15) is 19.2 Å². The van der Waals surface area contributed by atoms with Gasteiger partial charge in [0.2, 0.25) is 0 Å². The van der Waals surface area contributed by atoms with Crippen LogP contribution in [0.1, 0.15) is 17.0 Å². The van der Waals surface area contributed by atoms with Crippen LogP contribution in [-0.4, -0.2) is 26.2 Å². The molecule has 3 rings (SSSR count). The highest BCUT2D eigenvalue weighted by atomic mass is 79.9. The molecule has 1 unspecified atom stereocenters. The first-order chi connectivity index (χ1) is 15.3. The number of anilines is 1.